The molecule has 7 nitrogen and oxygen atoms in total. The molecule has 0 aliphatic carbocycles. The van der Waals surface area contributed by atoms with E-state index < -0.39 is 21.7 Å². The Bertz CT molecular complexity index is 321. The molecule has 0 atom stereocenters. The normalized spacial score (nSPS) is 12.2. The minimum absolute atomic E-state index is 0.189. The van der Waals surface area contributed by atoms with Gasteiger partial charge in [0.15, 0.2) is 0 Å². The number of nitrogens with one attached hydrogen (secondary N) is 3. The maximum atomic E-state index is 11.1. The van der Waals surface area contributed by atoms with Gasteiger partial charge >= 0.3 is 6.09 Å². The van der Waals surface area contributed by atoms with Crippen LogP contribution in [0.1, 0.15) is 20.8 Å². The Morgan fingerprint density at radius 2 is 1.81 bits per heavy atom. The van der Waals surface area contributed by atoms with E-state index in [4.69, 9.17) is 4.74 Å². The summed E-state index contributed by atoms with van der Waals surface area (Å²) in [5.41, 5.74) is 4.25. The van der Waals surface area contributed by atoms with Gasteiger partial charge in [-0.15, -0.1) is 0 Å². The number of hydrogen-bond acceptors (Lipinski definition) is 5. The van der Waals surface area contributed by atoms with Gasteiger partial charge in [-0.1, -0.05) is 0 Å². The van der Waals surface area contributed by atoms with Crippen molar-refractivity contribution >= 4 is 16.1 Å². The molecule has 0 rings (SSSR count). The van der Waals surface area contributed by atoms with Crippen LogP contribution in [0.5, 0.6) is 0 Å². The summed E-state index contributed by atoms with van der Waals surface area (Å²) >= 11 is 0. The third-order valence-electron chi connectivity index (χ3n) is 1.20. The summed E-state index contributed by atoms with van der Waals surface area (Å²) in [6.07, 6.45) is 0.459. The minimum Gasteiger partial charge on any atom is -0.443 e. The first-order valence-electron chi connectivity index (χ1n) is 4.77. The second-order valence-electron chi connectivity index (χ2n) is 4.22. The van der Waals surface area contributed by atoms with Crippen LogP contribution in [0.3, 0.4) is 0 Å². The Labute approximate surface area is 95.9 Å². The Kier molecular flexibility index (Phi) is 5.70. The molecule has 96 valence electrons. The van der Waals surface area contributed by atoms with Crippen LogP contribution < -0.4 is 15.6 Å². The second-order valence-corrected chi connectivity index (χ2v) is 6.05. The van der Waals surface area contributed by atoms with Crippen LogP contribution in [0.15, 0.2) is 0 Å². The number of rotatable bonds is 5. The van der Waals surface area contributed by atoms with Crippen LogP contribution in [0.25, 0.3) is 0 Å². The number of sulfonamides is 1. The molecule has 0 aromatic rings. The first kappa shape index (κ1) is 15.1. The zero-order valence-electron chi connectivity index (χ0n) is 9.96. The summed E-state index contributed by atoms with van der Waals surface area (Å²) in [5, 5.41) is 0. The number of hydrogen-bond donors (Lipinski definition) is 3. The Hall–Kier alpha value is -0.860. The van der Waals surface area contributed by atoms with E-state index in [0.717, 1.165) is 6.26 Å². The highest BCUT2D eigenvalue weighted by atomic mass is 32.2. The highest BCUT2D eigenvalue weighted by Gasteiger charge is 2.15. The van der Waals surface area contributed by atoms with Gasteiger partial charge in [0, 0.05) is 13.1 Å². The molecule has 0 unspecified atom stereocenters. The predicted octanol–water partition coefficient (Wildman–Crippen LogP) is -0.435. The molecular weight excluding hydrogens is 234 g/mol. The van der Waals surface area contributed by atoms with Crippen molar-refractivity contribution in [2.45, 2.75) is 26.4 Å². The van der Waals surface area contributed by atoms with Gasteiger partial charge in [-0.3, -0.25) is 5.43 Å². The zero-order chi connectivity index (χ0) is 12.8. The van der Waals surface area contributed by atoms with Crippen molar-refractivity contribution in [2.24, 2.45) is 0 Å². The monoisotopic (exact) mass is 253 g/mol. The first-order valence-corrected chi connectivity index (χ1v) is 6.66. The number of ether oxygens (including phenoxy) is 1. The van der Waals surface area contributed by atoms with E-state index in [1.807, 2.05) is 0 Å². The minimum atomic E-state index is -3.19. The van der Waals surface area contributed by atoms with Crippen molar-refractivity contribution in [2.75, 3.05) is 19.3 Å². The van der Waals surface area contributed by atoms with Gasteiger partial charge in [-0.25, -0.2) is 23.4 Å². The molecule has 0 heterocycles. The molecule has 0 spiro atoms. The molecule has 1 amide bonds. The molecule has 3 N–H and O–H groups in total. The lowest BCUT2D eigenvalue weighted by atomic mass is 10.2. The van der Waals surface area contributed by atoms with Crippen LogP contribution in [0.2, 0.25) is 0 Å². The molecule has 0 aliphatic heterocycles. The highest BCUT2D eigenvalue weighted by Crippen LogP contribution is 2.05. The SMILES string of the molecule is CC(C)(C)OC(=O)NNCCNS(C)(=O)=O. The van der Waals surface area contributed by atoms with Crippen molar-refractivity contribution in [3.8, 4) is 0 Å². The van der Waals surface area contributed by atoms with Crippen molar-refractivity contribution in [3.05, 3.63) is 0 Å². The van der Waals surface area contributed by atoms with Crippen molar-refractivity contribution in [1.82, 2.24) is 15.6 Å². The molecule has 0 aromatic heterocycles. The molecular formula is C8H19N3O4S. The molecule has 0 aliphatic rings. The standard InChI is InChI=1S/C8H19N3O4S/c1-8(2,3)15-7(12)11-9-5-6-10-16(4,13)14/h9-10H,5-6H2,1-4H3,(H,11,12). The fourth-order valence-electron chi connectivity index (χ4n) is 0.737. The smallest absolute Gasteiger partial charge is 0.422 e. The van der Waals surface area contributed by atoms with E-state index in [-0.39, 0.29) is 13.1 Å². The fraction of sp³-hybridized carbons (Fsp3) is 0.875. The van der Waals surface area contributed by atoms with Gasteiger partial charge in [0.2, 0.25) is 10.0 Å². The lowest BCUT2D eigenvalue weighted by Gasteiger charge is -2.19. The number of carbonyl (C=O) groups excluding carboxylic acids is 1. The summed E-state index contributed by atoms with van der Waals surface area (Å²) < 4.78 is 28.5. The maximum Gasteiger partial charge on any atom is 0.422 e. The zero-order valence-corrected chi connectivity index (χ0v) is 10.8. The van der Waals surface area contributed by atoms with Crippen LogP contribution in [-0.2, 0) is 14.8 Å². The summed E-state index contributed by atoms with van der Waals surface area (Å²) in [6.45, 7) is 5.70. The molecule has 0 bridgehead atoms. The average molecular weight is 253 g/mol. The quantitative estimate of drug-likeness (QED) is 0.456. The van der Waals surface area contributed by atoms with Crippen molar-refractivity contribution in [3.63, 3.8) is 0 Å². The molecule has 0 radical (unpaired) electrons. The maximum absolute atomic E-state index is 11.1. The molecule has 8 heteroatoms. The Morgan fingerprint density at radius 3 is 2.25 bits per heavy atom. The average Bonchev–Trinajstić information content (AvgIpc) is 1.97. The largest absolute Gasteiger partial charge is 0.443 e. The Morgan fingerprint density at radius 1 is 1.25 bits per heavy atom. The lowest BCUT2D eigenvalue weighted by molar-refractivity contribution is 0.0499. The lowest BCUT2D eigenvalue weighted by Crippen LogP contribution is -2.44. The number of hydrazine groups is 1. The van der Waals surface area contributed by atoms with Gasteiger partial charge in [0.25, 0.3) is 0 Å². The highest BCUT2D eigenvalue weighted by molar-refractivity contribution is 7.88. The topological polar surface area (TPSA) is 96.5 Å². The third-order valence-corrected chi connectivity index (χ3v) is 1.93. The summed E-state index contributed by atoms with van der Waals surface area (Å²) in [4.78, 5) is 11.1. The summed E-state index contributed by atoms with van der Waals surface area (Å²) in [5.74, 6) is 0. The molecule has 0 saturated carbocycles. The van der Waals surface area contributed by atoms with E-state index in [9.17, 15) is 13.2 Å². The van der Waals surface area contributed by atoms with Gasteiger partial charge in [-0.2, -0.15) is 0 Å². The van der Waals surface area contributed by atoms with Gasteiger partial charge < -0.3 is 4.74 Å². The number of amides is 1. The summed E-state index contributed by atoms with van der Waals surface area (Å²) in [7, 11) is -3.19. The van der Waals surface area contributed by atoms with Crippen LogP contribution in [-0.4, -0.2) is 39.5 Å². The van der Waals surface area contributed by atoms with Gasteiger partial charge in [-0.05, 0) is 20.8 Å². The molecule has 0 aromatic carbocycles. The van der Waals surface area contributed by atoms with Crippen LogP contribution >= 0.6 is 0 Å². The third kappa shape index (κ3) is 11.2. The fourth-order valence-corrected chi connectivity index (χ4v) is 1.21. The van der Waals surface area contributed by atoms with Crippen LogP contribution in [0.4, 0.5) is 4.79 Å². The van der Waals surface area contributed by atoms with Gasteiger partial charge in [0.05, 0.1) is 6.26 Å². The number of carbonyl (C=O) groups is 1. The first-order chi connectivity index (χ1) is 7.10. The molecule has 16 heavy (non-hydrogen) atoms. The van der Waals surface area contributed by atoms with E-state index in [1.165, 1.54) is 0 Å². The van der Waals surface area contributed by atoms with E-state index in [2.05, 4.69) is 15.6 Å². The van der Waals surface area contributed by atoms with Crippen LogP contribution in [0, 0.1) is 0 Å². The van der Waals surface area contributed by atoms with E-state index in [0.29, 0.717) is 0 Å². The van der Waals surface area contributed by atoms with E-state index >= 15 is 0 Å². The van der Waals surface area contributed by atoms with Gasteiger partial charge in [0.1, 0.15) is 5.60 Å². The van der Waals surface area contributed by atoms with Crippen molar-refractivity contribution < 1.29 is 17.9 Å². The second kappa shape index (κ2) is 6.02. The molecule has 0 fully saturated rings. The predicted molar refractivity (Wildman–Crippen MR) is 60.2 cm³/mol. The van der Waals surface area contributed by atoms with Crippen molar-refractivity contribution in [1.29, 1.82) is 0 Å². The molecule has 0 saturated heterocycles. The Balaban J connectivity index is 3.57. The van der Waals surface area contributed by atoms with E-state index in [1.54, 1.807) is 20.8 Å². The summed E-state index contributed by atoms with van der Waals surface area (Å²) in [6, 6.07) is 0.